The highest BCUT2D eigenvalue weighted by Crippen LogP contribution is 2.38. The maximum atomic E-state index is 11.0. The zero-order valence-electron chi connectivity index (χ0n) is 12.4. The Bertz CT molecular complexity index is 390. The summed E-state index contributed by atoms with van der Waals surface area (Å²) in [5.74, 6) is -0.266. The van der Waals surface area contributed by atoms with Crippen LogP contribution in [0.1, 0.15) is 52.9 Å². The summed E-state index contributed by atoms with van der Waals surface area (Å²) in [5.41, 5.74) is 0.338. The number of unbranched alkanes of at least 4 members (excludes halogenated alkanes) is 1. The fraction of sp³-hybridized carbons (Fsp3) is 0.588. The first-order chi connectivity index (χ1) is 9.03. The second-order valence-electron chi connectivity index (χ2n) is 5.61. The van der Waals surface area contributed by atoms with Gasteiger partial charge in [-0.1, -0.05) is 64.3 Å². The van der Waals surface area contributed by atoms with Gasteiger partial charge in [-0.15, -0.1) is 0 Å². The second-order valence-corrected chi connectivity index (χ2v) is 5.61. The summed E-state index contributed by atoms with van der Waals surface area (Å²) in [4.78, 5) is 11.0. The van der Waals surface area contributed by atoms with E-state index in [1.165, 1.54) is 32.1 Å². The molecule has 0 heterocycles. The van der Waals surface area contributed by atoms with Gasteiger partial charge in [-0.05, 0) is 24.8 Å². The molecular formula is C17H26O2. The molecule has 0 radical (unpaired) electrons. The van der Waals surface area contributed by atoms with Crippen molar-refractivity contribution in [1.29, 1.82) is 0 Å². The molecule has 0 fully saturated rings. The summed E-state index contributed by atoms with van der Waals surface area (Å²) < 4.78 is 0. The van der Waals surface area contributed by atoms with Gasteiger partial charge in [0.2, 0.25) is 0 Å². The summed E-state index contributed by atoms with van der Waals surface area (Å²) >= 11 is 0. The minimum Gasteiger partial charge on any atom is -0.478 e. The van der Waals surface area contributed by atoms with Crippen molar-refractivity contribution >= 4 is 5.97 Å². The molecule has 0 spiro atoms. The molecule has 1 N–H and O–H groups in total. The third kappa shape index (κ3) is 4.38. The number of hydrogen-bond acceptors (Lipinski definition) is 1. The molecule has 0 aromatic carbocycles. The van der Waals surface area contributed by atoms with Gasteiger partial charge in [-0.3, -0.25) is 0 Å². The molecule has 0 saturated carbocycles. The molecule has 1 aliphatic rings. The van der Waals surface area contributed by atoms with Crippen molar-refractivity contribution in [2.45, 2.75) is 52.9 Å². The van der Waals surface area contributed by atoms with Crippen LogP contribution in [0.4, 0.5) is 0 Å². The van der Waals surface area contributed by atoms with Crippen LogP contribution in [0.2, 0.25) is 0 Å². The van der Waals surface area contributed by atoms with Crippen LogP contribution in [0.3, 0.4) is 0 Å². The Morgan fingerprint density at radius 1 is 1.26 bits per heavy atom. The molecule has 0 aromatic rings. The van der Waals surface area contributed by atoms with E-state index in [2.05, 4.69) is 32.9 Å². The van der Waals surface area contributed by atoms with Crippen molar-refractivity contribution < 1.29 is 9.90 Å². The van der Waals surface area contributed by atoms with Crippen molar-refractivity contribution in [2.24, 2.45) is 11.3 Å². The van der Waals surface area contributed by atoms with E-state index < -0.39 is 5.97 Å². The topological polar surface area (TPSA) is 37.3 Å². The van der Waals surface area contributed by atoms with Crippen molar-refractivity contribution in [2.75, 3.05) is 0 Å². The molecule has 2 nitrogen and oxygen atoms in total. The molecule has 2 atom stereocenters. The highest BCUT2D eigenvalue weighted by molar-refractivity contribution is 5.90. The van der Waals surface area contributed by atoms with E-state index in [9.17, 15) is 4.79 Å². The summed E-state index contributed by atoms with van der Waals surface area (Å²) in [6, 6.07) is 0. The second kappa shape index (κ2) is 7.32. The number of allylic oxidation sites excluding steroid dienone is 4. The molecule has 0 bridgehead atoms. The first-order valence-electron chi connectivity index (χ1n) is 7.35. The third-order valence-corrected chi connectivity index (χ3v) is 4.02. The normalized spacial score (nSPS) is 23.8. The van der Waals surface area contributed by atoms with E-state index in [1.54, 1.807) is 12.2 Å². The van der Waals surface area contributed by atoms with Gasteiger partial charge >= 0.3 is 5.97 Å². The van der Waals surface area contributed by atoms with E-state index in [-0.39, 0.29) is 5.41 Å². The van der Waals surface area contributed by atoms with Crippen molar-refractivity contribution in [3.05, 3.63) is 36.0 Å². The minimum atomic E-state index is -0.856. The van der Waals surface area contributed by atoms with Crippen LogP contribution in [-0.2, 0) is 4.79 Å². The van der Waals surface area contributed by atoms with Gasteiger partial charge < -0.3 is 5.11 Å². The SMILES string of the molecule is CCCCC(CCC)C1(C)C=CC=C(C(=O)O)C=C1. The maximum absolute atomic E-state index is 11.0. The zero-order chi connectivity index (χ0) is 14.3. The Morgan fingerprint density at radius 2 is 2.00 bits per heavy atom. The Morgan fingerprint density at radius 3 is 2.58 bits per heavy atom. The van der Waals surface area contributed by atoms with Crippen LogP contribution in [0.25, 0.3) is 0 Å². The van der Waals surface area contributed by atoms with Crippen LogP contribution in [0.5, 0.6) is 0 Å². The lowest BCUT2D eigenvalue weighted by atomic mass is 9.72. The van der Waals surface area contributed by atoms with Crippen molar-refractivity contribution in [3.63, 3.8) is 0 Å². The quantitative estimate of drug-likeness (QED) is 0.719. The van der Waals surface area contributed by atoms with Gasteiger partial charge in [0.05, 0.1) is 5.57 Å². The Hall–Kier alpha value is -1.31. The van der Waals surface area contributed by atoms with Crippen LogP contribution in [-0.4, -0.2) is 11.1 Å². The van der Waals surface area contributed by atoms with Gasteiger partial charge in [0.15, 0.2) is 0 Å². The molecule has 1 rings (SSSR count). The average Bonchev–Trinajstić information content (AvgIpc) is 2.57. The van der Waals surface area contributed by atoms with E-state index in [4.69, 9.17) is 5.11 Å². The number of carboxylic acids is 1. The molecule has 0 aromatic heterocycles. The van der Waals surface area contributed by atoms with Crippen LogP contribution in [0, 0.1) is 11.3 Å². The molecule has 19 heavy (non-hydrogen) atoms. The zero-order valence-corrected chi connectivity index (χ0v) is 12.4. The summed E-state index contributed by atoms with van der Waals surface area (Å²) in [6.45, 7) is 6.65. The lowest BCUT2D eigenvalue weighted by molar-refractivity contribution is -0.132. The van der Waals surface area contributed by atoms with Gasteiger partial charge in [-0.25, -0.2) is 4.79 Å². The van der Waals surface area contributed by atoms with Crippen LogP contribution in [0.15, 0.2) is 36.0 Å². The lowest BCUT2D eigenvalue weighted by Gasteiger charge is -2.32. The first kappa shape index (κ1) is 15.7. The standard InChI is InChI=1S/C17H26O2/c1-4-6-10-15(8-5-2)17(3)12-7-9-14(11-13-17)16(18)19/h7,9,11-13,15H,4-6,8,10H2,1-3H3,(H,18,19). The molecule has 2 unspecified atom stereocenters. The highest BCUT2D eigenvalue weighted by atomic mass is 16.4. The number of aliphatic carboxylic acids is 1. The summed E-state index contributed by atoms with van der Waals surface area (Å²) in [5, 5.41) is 9.06. The number of hydrogen-bond donors (Lipinski definition) is 1. The summed E-state index contributed by atoms with van der Waals surface area (Å²) in [7, 11) is 0. The van der Waals surface area contributed by atoms with Gasteiger partial charge in [0.1, 0.15) is 0 Å². The Balaban J connectivity index is 2.89. The number of carbonyl (C=O) groups is 1. The number of rotatable bonds is 7. The molecule has 0 aliphatic heterocycles. The molecular weight excluding hydrogens is 236 g/mol. The smallest absolute Gasteiger partial charge is 0.335 e. The fourth-order valence-corrected chi connectivity index (χ4v) is 2.72. The largest absolute Gasteiger partial charge is 0.478 e. The molecule has 2 heteroatoms. The van der Waals surface area contributed by atoms with E-state index in [0.717, 1.165) is 0 Å². The fourth-order valence-electron chi connectivity index (χ4n) is 2.72. The van der Waals surface area contributed by atoms with Gasteiger partial charge in [0, 0.05) is 5.41 Å². The molecule has 0 amide bonds. The average molecular weight is 262 g/mol. The molecule has 1 aliphatic carbocycles. The van der Waals surface area contributed by atoms with Crippen molar-refractivity contribution in [3.8, 4) is 0 Å². The van der Waals surface area contributed by atoms with Crippen LogP contribution >= 0.6 is 0 Å². The Labute approximate surface area is 116 Å². The molecule has 0 saturated heterocycles. The maximum Gasteiger partial charge on any atom is 0.335 e. The van der Waals surface area contributed by atoms with Gasteiger partial charge in [-0.2, -0.15) is 0 Å². The first-order valence-corrected chi connectivity index (χ1v) is 7.35. The van der Waals surface area contributed by atoms with Crippen molar-refractivity contribution in [1.82, 2.24) is 0 Å². The highest BCUT2D eigenvalue weighted by Gasteiger charge is 2.29. The minimum absolute atomic E-state index is 0.0289. The summed E-state index contributed by atoms with van der Waals surface area (Å²) in [6.07, 6.45) is 15.6. The monoisotopic (exact) mass is 262 g/mol. The number of carboxylic acid groups (broad SMARTS) is 1. The van der Waals surface area contributed by atoms with E-state index >= 15 is 0 Å². The van der Waals surface area contributed by atoms with E-state index in [1.807, 2.05) is 6.08 Å². The Kier molecular flexibility index (Phi) is 6.07. The van der Waals surface area contributed by atoms with E-state index in [0.29, 0.717) is 11.5 Å². The van der Waals surface area contributed by atoms with Crippen LogP contribution < -0.4 is 0 Å². The molecule has 106 valence electrons. The predicted molar refractivity (Wildman–Crippen MR) is 80.0 cm³/mol. The van der Waals surface area contributed by atoms with Gasteiger partial charge in [0.25, 0.3) is 0 Å². The lowest BCUT2D eigenvalue weighted by Crippen LogP contribution is -2.23. The third-order valence-electron chi connectivity index (χ3n) is 4.02. The predicted octanol–water partition coefficient (Wildman–Crippen LogP) is 4.74.